The maximum atomic E-state index is 9.51. The number of halogens is 1. The molecule has 1 aliphatic heterocycles. The Bertz CT molecular complexity index is 1010. The minimum atomic E-state index is 0.403. The fourth-order valence-corrected chi connectivity index (χ4v) is 2.85. The molecule has 0 aliphatic carbocycles. The Hall–Kier alpha value is -3.03. The molecule has 0 atom stereocenters. The Morgan fingerprint density at radius 2 is 2.17 bits per heavy atom. The van der Waals surface area contributed by atoms with Crippen molar-refractivity contribution in [2.75, 3.05) is 6.61 Å². The van der Waals surface area contributed by atoms with Gasteiger partial charge >= 0.3 is 0 Å². The lowest BCUT2D eigenvalue weighted by Gasteiger charge is -2.16. The summed E-state index contributed by atoms with van der Waals surface area (Å²) in [6.07, 6.45) is 3.77. The summed E-state index contributed by atoms with van der Waals surface area (Å²) in [6, 6.07) is 15.4. The van der Waals surface area contributed by atoms with E-state index in [1.54, 1.807) is 12.1 Å². The van der Waals surface area contributed by atoms with Gasteiger partial charge in [0.2, 0.25) is 0 Å². The molecule has 0 radical (unpaired) electrons. The highest BCUT2D eigenvalue weighted by atomic mass is 35.5. The average molecular weight is 334 g/mol. The van der Waals surface area contributed by atoms with Crippen LogP contribution in [0.3, 0.4) is 0 Å². The number of aromatic amines is 1. The van der Waals surface area contributed by atoms with Crippen molar-refractivity contribution in [3.05, 3.63) is 70.5 Å². The van der Waals surface area contributed by atoms with Gasteiger partial charge in [0.05, 0.1) is 16.6 Å². The molecule has 3 aromatic rings. The molecule has 0 unspecified atom stereocenters. The van der Waals surface area contributed by atoms with Crippen LogP contribution < -0.4 is 4.74 Å². The zero-order chi connectivity index (χ0) is 16.5. The Balaban J connectivity index is 1.74. The number of nitriles is 1. The van der Waals surface area contributed by atoms with Crippen LogP contribution in [0.4, 0.5) is 0 Å². The van der Waals surface area contributed by atoms with E-state index in [0.717, 1.165) is 27.9 Å². The lowest BCUT2D eigenvalue weighted by molar-refractivity contribution is 0.351. The monoisotopic (exact) mass is 333 g/mol. The molecule has 5 heteroatoms. The largest absolute Gasteiger partial charge is 0.488 e. The molecule has 0 amide bonds. The molecule has 0 saturated carbocycles. The van der Waals surface area contributed by atoms with E-state index in [1.165, 1.54) is 0 Å². The number of nitrogens with zero attached hydrogens (tertiary/aromatic N) is 2. The van der Waals surface area contributed by atoms with Crippen LogP contribution in [-0.4, -0.2) is 16.6 Å². The van der Waals surface area contributed by atoms with Gasteiger partial charge in [0.1, 0.15) is 24.3 Å². The van der Waals surface area contributed by atoms with Crippen molar-refractivity contribution in [2.45, 2.75) is 0 Å². The van der Waals surface area contributed by atoms with Crippen LogP contribution in [0.1, 0.15) is 11.4 Å². The Morgan fingerprint density at radius 3 is 3.00 bits per heavy atom. The lowest BCUT2D eigenvalue weighted by Crippen LogP contribution is -2.06. The summed E-state index contributed by atoms with van der Waals surface area (Å²) < 4.78 is 5.72. The molecule has 4 nitrogen and oxygen atoms in total. The molecular weight excluding hydrogens is 322 g/mol. The van der Waals surface area contributed by atoms with Gasteiger partial charge in [-0.2, -0.15) is 5.26 Å². The Labute approximate surface area is 143 Å². The normalized spacial score (nSPS) is 13.8. The number of imidazole rings is 1. The number of hydrogen-bond acceptors (Lipinski definition) is 3. The SMILES string of the molecule is N#CC(=CC1=Cc2cc(Cl)ccc2OC1)c1nc2ccccc2[nH]1. The highest BCUT2D eigenvalue weighted by Gasteiger charge is 2.13. The smallest absolute Gasteiger partial charge is 0.149 e. The highest BCUT2D eigenvalue weighted by molar-refractivity contribution is 6.30. The minimum Gasteiger partial charge on any atom is -0.488 e. The third kappa shape index (κ3) is 2.66. The molecule has 0 saturated heterocycles. The number of H-pyrrole nitrogens is 1. The van der Waals surface area contributed by atoms with E-state index in [0.29, 0.717) is 23.0 Å². The van der Waals surface area contributed by atoms with Gasteiger partial charge in [0, 0.05) is 10.6 Å². The fourth-order valence-electron chi connectivity index (χ4n) is 2.67. The van der Waals surface area contributed by atoms with E-state index in [1.807, 2.05) is 42.5 Å². The fraction of sp³-hybridized carbons (Fsp3) is 0.0526. The Kier molecular flexibility index (Phi) is 3.56. The molecule has 1 aromatic heterocycles. The maximum absolute atomic E-state index is 9.51. The van der Waals surface area contributed by atoms with Crippen LogP contribution in [0, 0.1) is 11.3 Å². The van der Waals surface area contributed by atoms with E-state index in [9.17, 15) is 5.26 Å². The second kappa shape index (κ2) is 5.88. The minimum absolute atomic E-state index is 0.403. The summed E-state index contributed by atoms with van der Waals surface area (Å²) >= 11 is 6.03. The van der Waals surface area contributed by atoms with Gasteiger partial charge in [-0.3, -0.25) is 0 Å². The molecule has 1 N–H and O–H groups in total. The van der Waals surface area contributed by atoms with Gasteiger partial charge < -0.3 is 9.72 Å². The van der Waals surface area contributed by atoms with Gasteiger partial charge in [0.15, 0.2) is 0 Å². The van der Waals surface area contributed by atoms with E-state index < -0.39 is 0 Å². The van der Waals surface area contributed by atoms with Gasteiger partial charge in [-0.25, -0.2) is 4.98 Å². The van der Waals surface area contributed by atoms with E-state index in [4.69, 9.17) is 16.3 Å². The number of para-hydroxylation sites is 2. The molecular formula is C19H12ClN3O. The summed E-state index contributed by atoms with van der Waals surface area (Å²) in [5, 5.41) is 10.2. The molecule has 0 fully saturated rings. The number of fused-ring (bicyclic) bond motifs is 2. The second-order valence-corrected chi connectivity index (χ2v) is 5.90. The second-order valence-electron chi connectivity index (χ2n) is 5.46. The van der Waals surface area contributed by atoms with Crippen LogP contribution in [-0.2, 0) is 0 Å². The van der Waals surface area contributed by atoms with Gasteiger partial charge in [0.25, 0.3) is 0 Å². The van der Waals surface area contributed by atoms with Crippen LogP contribution in [0.5, 0.6) is 5.75 Å². The lowest BCUT2D eigenvalue weighted by atomic mass is 10.1. The summed E-state index contributed by atoms with van der Waals surface area (Å²) in [5.41, 5.74) is 3.99. The first-order valence-corrected chi connectivity index (χ1v) is 7.80. The van der Waals surface area contributed by atoms with Crippen molar-refractivity contribution >= 4 is 34.3 Å². The number of ether oxygens (including phenoxy) is 1. The quantitative estimate of drug-likeness (QED) is 0.697. The topological polar surface area (TPSA) is 61.7 Å². The van der Waals surface area contributed by atoms with Crippen LogP contribution in [0.2, 0.25) is 5.02 Å². The molecule has 0 spiro atoms. The summed E-state index contributed by atoms with van der Waals surface area (Å²) in [6.45, 7) is 0.403. The molecule has 2 heterocycles. The van der Waals surface area contributed by atoms with Crippen LogP contribution in [0.15, 0.2) is 54.1 Å². The maximum Gasteiger partial charge on any atom is 0.149 e. The summed E-state index contributed by atoms with van der Waals surface area (Å²) in [5.74, 6) is 1.34. The molecule has 1 aliphatic rings. The van der Waals surface area contributed by atoms with E-state index >= 15 is 0 Å². The number of aromatic nitrogens is 2. The standard InChI is InChI=1S/C19H12ClN3O/c20-15-5-6-18-13(9-15)7-12(11-24-18)8-14(10-21)19-22-16-3-1-2-4-17(16)23-19/h1-9H,11H2,(H,22,23). The number of nitrogens with one attached hydrogen (secondary N) is 1. The van der Waals surface area contributed by atoms with Crippen molar-refractivity contribution in [1.82, 2.24) is 9.97 Å². The van der Waals surface area contributed by atoms with Crippen molar-refractivity contribution in [2.24, 2.45) is 0 Å². The van der Waals surface area contributed by atoms with Gasteiger partial charge in [-0.1, -0.05) is 23.7 Å². The predicted molar refractivity (Wildman–Crippen MR) is 94.6 cm³/mol. The van der Waals surface area contributed by atoms with Gasteiger partial charge in [-0.15, -0.1) is 0 Å². The van der Waals surface area contributed by atoms with Crippen molar-refractivity contribution in [3.63, 3.8) is 0 Å². The zero-order valence-corrected chi connectivity index (χ0v) is 13.3. The van der Waals surface area contributed by atoms with E-state index in [-0.39, 0.29) is 0 Å². The third-order valence-electron chi connectivity index (χ3n) is 3.80. The highest BCUT2D eigenvalue weighted by Crippen LogP contribution is 2.30. The number of hydrogen-bond donors (Lipinski definition) is 1. The molecule has 2 aromatic carbocycles. The van der Waals surface area contributed by atoms with E-state index in [2.05, 4.69) is 16.0 Å². The first-order valence-electron chi connectivity index (χ1n) is 7.43. The van der Waals surface area contributed by atoms with Crippen molar-refractivity contribution < 1.29 is 4.74 Å². The van der Waals surface area contributed by atoms with Gasteiger partial charge in [-0.05, 0) is 48.1 Å². The molecule has 24 heavy (non-hydrogen) atoms. The average Bonchev–Trinajstić information content (AvgIpc) is 3.03. The van der Waals surface area contributed by atoms with Crippen molar-refractivity contribution in [3.8, 4) is 11.8 Å². The van der Waals surface area contributed by atoms with Crippen LogP contribution >= 0.6 is 11.6 Å². The Morgan fingerprint density at radius 1 is 1.29 bits per heavy atom. The number of rotatable bonds is 2. The number of allylic oxidation sites excluding steroid dienone is 1. The van der Waals surface area contributed by atoms with Crippen molar-refractivity contribution in [1.29, 1.82) is 5.26 Å². The molecule has 4 rings (SSSR count). The molecule has 116 valence electrons. The first kappa shape index (κ1) is 14.6. The first-order chi connectivity index (χ1) is 11.7. The van der Waals surface area contributed by atoms with Crippen LogP contribution in [0.25, 0.3) is 22.7 Å². The zero-order valence-electron chi connectivity index (χ0n) is 12.6. The summed E-state index contributed by atoms with van der Waals surface area (Å²) in [7, 11) is 0. The predicted octanol–water partition coefficient (Wildman–Crippen LogP) is 4.60. The summed E-state index contributed by atoms with van der Waals surface area (Å²) in [4.78, 5) is 7.65. The third-order valence-corrected chi connectivity index (χ3v) is 4.04. The molecule has 0 bridgehead atoms. The number of benzene rings is 2.